The number of unbranched alkanes of at least 4 members (excludes halogenated alkanes) is 24. The van der Waals surface area contributed by atoms with Crippen LogP contribution in [0.3, 0.4) is 0 Å². The quantitative estimate of drug-likeness (QED) is 0.0195. The van der Waals surface area contributed by atoms with Gasteiger partial charge in [-0.15, -0.1) is 0 Å². The SMILES string of the molecule is CC/C=C\C/C=C\C/C=C\C/C=C\C/C=C\C/C=C\C/C=C\C/C=C\C/C=C\C/C=C\C/C=C\CCCCCCCCCC(=O)OC(COC(=O)CCCCCCCCCCC/C=C\CCCCCCCCCC)COP(=O)([O-])OCC[N+](C)(C)C. The Kier molecular flexibility index (Phi) is 62.2. The number of phosphoric acid groups is 1. The Morgan fingerprint density at radius 1 is 0.372 bits per heavy atom. The Balaban J connectivity index is 4.13. The van der Waals surface area contributed by atoms with Crippen molar-refractivity contribution in [1.29, 1.82) is 0 Å². The van der Waals surface area contributed by atoms with E-state index in [1.54, 1.807) is 0 Å². The van der Waals surface area contributed by atoms with E-state index in [0.29, 0.717) is 17.4 Å². The maximum Gasteiger partial charge on any atom is 0.306 e. The number of esters is 2. The van der Waals surface area contributed by atoms with Gasteiger partial charge in [-0.05, 0) is 122 Å². The zero-order chi connectivity index (χ0) is 62.6. The lowest BCUT2D eigenvalue weighted by atomic mass is 10.1. The smallest absolute Gasteiger partial charge is 0.306 e. The van der Waals surface area contributed by atoms with Crippen molar-refractivity contribution in [2.75, 3.05) is 47.5 Å². The first kappa shape index (κ1) is 81.9. The third-order valence-electron chi connectivity index (χ3n) is 14.3. The molecule has 0 rings (SSSR count). The molecule has 0 radical (unpaired) electrons. The van der Waals surface area contributed by atoms with Gasteiger partial charge in [0.2, 0.25) is 0 Å². The second-order valence-corrected chi connectivity index (χ2v) is 25.2. The zero-order valence-corrected chi connectivity index (χ0v) is 56.6. The van der Waals surface area contributed by atoms with Gasteiger partial charge in [0.15, 0.2) is 6.10 Å². The molecule has 490 valence electrons. The van der Waals surface area contributed by atoms with E-state index in [1.807, 2.05) is 21.1 Å². The third kappa shape index (κ3) is 69.0. The number of quaternary nitrogens is 1. The van der Waals surface area contributed by atoms with Crippen molar-refractivity contribution in [1.82, 2.24) is 0 Å². The lowest BCUT2D eigenvalue weighted by Crippen LogP contribution is -2.37. The highest BCUT2D eigenvalue weighted by Gasteiger charge is 2.22. The van der Waals surface area contributed by atoms with Gasteiger partial charge >= 0.3 is 11.9 Å². The van der Waals surface area contributed by atoms with Crippen LogP contribution >= 0.6 is 7.82 Å². The summed E-state index contributed by atoms with van der Waals surface area (Å²) in [6, 6.07) is 0. The molecule has 0 aliphatic rings. The van der Waals surface area contributed by atoms with Gasteiger partial charge in [-0.1, -0.05) is 282 Å². The van der Waals surface area contributed by atoms with Crippen molar-refractivity contribution in [3.05, 3.63) is 146 Å². The summed E-state index contributed by atoms with van der Waals surface area (Å²) >= 11 is 0. The predicted molar refractivity (Wildman–Crippen MR) is 369 cm³/mol. The van der Waals surface area contributed by atoms with Crippen molar-refractivity contribution >= 4 is 19.8 Å². The summed E-state index contributed by atoms with van der Waals surface area (Å²) < 4.78 is 34.3. The fraction of sp³-hybridized carbons (Fsp3) is 0.658. The molecule has 86 heavy (non-hydrogen) atoms. The maximum absolute atomic E-state index is 12.9. The van der Waals surface area contributed by atoms with Gasteiger partial charge in [0, 0.05) is 12.8 Å². The van der Waals surface area contributed by atoms with Crippen LogP contribution in [0.25, 0.3) is 0 Å². The number of phosphoric ester groups is 1. The molecule has 0 spiro atoms. The molecule has 0 saturated heterocycles. The van der Waals surface area contributed by atoms with Crippen LogP contribution in [0, 0.1) is 0 Å². The van der Waals surface area contributed by atoms with Crippen molar-refractivity contribution in [3.63, 3.8) is 0 Å². The summed E-state index contributed by atoms with van der Waals surface area (Å²) in [6.45, 7) is 4.11. The summed E-state index contributed by atoms with van der Waals surface area (Å²) in [4.78, 5) is 38.0. The predicted octanol–water partition coefficient (Wildman–Crippen LogP) is 22.0. The van der Waals surface area contributed by atoms with Crippen LogP contribution in [-0.4, -0.2) is 70.0 Å². The average Bonchev–Trinajstić information content (AvgIpc) is 3.70. The molecule has 0 fully saturated rings. The molecule has 10 heteroatoms. The molecule has 0 amide bonds. The second-order valence-electron chi connectivity index (χ2n) is 23.8. The topological polar surface area (TPSA) is 111 Å². The fourth-order valence-corrected chi connectivity index (χ4v) is 9.80. The van der Waals surface area contributed by atoms with Crippen molar-refractivity contribution in [2.24, 2.45) is 0 Å². The average molecular weight is 1210 g/mol. The Bertz CT molecular complexity index is 1960. The van der Waals surface area contributed by atoms with E-state index in [2.05, 4.69) is 160 Å². The summed E-state index contributed by atoms with van der Waals surface area (Å²) in [5.74, 6) is -0.852. The lowest BCUT2D eigenvalue weighted by Gasteiger charge is -2.28. The summed E-state index contributed by atoms with van der Waals surface area (Å²) in [7, 11) is 1.14. The summed E-state index contributed by atoms with van der Waals surface area (Å²) in [5, 5.41) is 0. The number of hydrogen-bond acceptors (Lipinski definition) is 8. The van der Waals surface area contributed by atoms with E-state index in [9.17, 15) is 19.0 Å². The highest BCUT2D eigenvalue weighted by Crippen LogP contribution is 2.38. The highest BCUT2D eigenvalue weighted by atomic mass is 31.2. The monoisotopic (exact) mass is 1210 g/mol. The third-order valence-corrected chi connectivity index (χ3v) is 15.3. The molecule has 0 aliphatic heterocycles. The van der Waals surface area contributed by atoms with Gasteiger partial charge in [0.05, 0.1) is 27.7 Å². The Morgan fingerprint density at radius 2 is 0.663 bits per heavy atom. The van der Waals surface area contributed by atoms with Gasteiger partial charge in [-0.3, -0.25) is 14.2 Å². The molecule has 0 aliphatic carbocycles. The molecule has 0 aromatic carbocycles. The van der Waals surface area contributed by atoms with E-state index in [0.717, 1.165) is 122 Å². The molecule has 0 aromatic heterocycles. The van der Waals surface area contributed by atoms with E-state index in [-0.39, 0.29) is 26.1 Å². The van der Waals surface area contributed by atoms with Gasteiger partial charge in [-0.2, -0.15) is 0 Å². The molecule has 2 unspecified atom stereocenters. The number of hydrogen-bond donors (Lipinski definition) is 0. The fourth-order valence-electron chi connectivity index (χ4n) is 9.07. The number of likely N-dealkylation sites (N-methyl/N-ethyl adjacent to an activating group) is 1. The molecule has 0 heterocycles. The van der Waals surface area contributed by atoms with Gasteiger partial charge in [0.25, 0.3) is 7.82 Å². The van der Waals surface area contributed by atoms with E-state index in [4.69, 9.17) is 18.5 Å². The number of carbonyl (C=O) groups is 2. The number of carbonyl (C=O) groups excluding carboxylic acids is 2. The molecule has 0 saturated carbocycles. The molecule has 2 atom stereocenters. The summed E-state index contributed by atoms with van der Waals surface area (Å²) in [5.41, 5.74) is 0. The van der Waals surface area contributed by atoms with Crippen LogP contribution in [0.2, 0.25) is 0 Å². The highest BCUT2D eigenvalue weighted by molar-refractivity contribution is 7.45. The van der Waals surface area contributed by atoms with Gasteiger partial charge in [-0.25, -0.2) is 0 Å². The molecular formula is C76H128NO8P. The molecular weight excluding hydrogens is 1090 g/mol. The number of ether oxygens (including phenoxy) is 2. The van der Waals surface area contributed by atoms with Gasteiger partial charge in [0.1, 0.15) is 19.8 Å². The van der Waals surface area contributed by atoms with Crippen LogP contribution in [0.4, 0.5) is 0 Å². The maximum atomic E-state index is 12.9. The Labute approximate surface area is 529 Å². The van der Waals surface area contributed by atoms with Crippen molar-refractivity contribution in [3.8, 4) is 0 Å². The second kappa shape index (κ2) is 65.3. The van der Waals surface area contributed by atoms with Crippen LogP contribution in [0.5, 0.6) is 0 Å². The van der Waals surface area contributed by atoms with Gasteiger partial charge < -0.3 is 27.9 Å². The number of allylic oxidation sites excluding steroid dienone is 24. The minimum Gasteiger partial charge on any atom is -0.756 e. The largest absolute Gasteiger partial charge is 0.756 e. The van der Waals surface area contributed by atoms with E-state index >= 15 is 0 Å². The first-order chi connectivity index (χ1) is 42.0. The number of nitrogens with zero attached hydrogens (tertiary/aromatic N) is 1. The first-order valence-electron chi connectivity index (χ1n) is 34.5. The van der Waals surface area contributed by atoms with Crippen LogP contribution in [0.1, 0.15) is 271 Å². The van der Waals surface area contributed by atoms with E-state index in [1.165, 1.54) is 116 Å². The van der Waals surface area contributed by atoms with E-state index < -0.39 is 32.5 Å². The van der Waals surface area contributed by atoms with Crippen LogP contribution < -0.4 is 4.89 Å². The summed E-state index contributed by atoms with van der Waals surface area (Å²) in [6.07, 6.45) is 96.3. The van der Waals surface area contributed by atoms with Crippen LogP contribution in [0.15, 0.2) is 146 Å². The number of rotatable bonds is 62. The standard InChI is InChI=1S/C76H128NO8P/c1-6-8-10-12-14-16-18-20-22-24-26-28-29-30-31-32-33-34-35-36-37-38-39-40-41-42-43-44-45-46-47-49-51-53-55-57-59-61-63-65-67-69-76(79)85-74(73-84-86(80,81)83-71-70-77(3,4)5)72-82-75(78)68-66-64-62-60-58-56-54-52-50-48-27-25-23-21-19-17-15-13-11-9-7-2/h8,10,14,16,20,22,25-28,30-31,33-34,36-37,39-40,42-43,45-46,49,51,74H,6-7,9,11-13,15,17-19,21,23-24,29,32,35,38,41,44,47-48,50,52-73H2,1-5H3/b10-8-,16-14-,22-20-,27-25-,28-26-,31-30-,34-33-,37-36-,40-39-,43-42-,46-45-,51-49-. The zero-order valence-electron chi connectivity index (χ0n) is 55.7. The Hall–Kier alpha value is -4.11. The normalized spacial score (nSPS) is 14.1. The molecule has 9 nitrogen and oxygen atoms in total. The first-order valence-corrected chi connectivity index (χ1v) is 36.0. The lowest BCUT2D eigenvalue weighted by molar-refractivity contribution is -0.870. The Morgan fingerprint density at radius 3 is 1.00 bits per heavy atom. The molecule has 0 N–H and O–H groups in total. The van der Waals surface area contributed by atoms with Crippen molar-refractivity contribution < 1.29 is 42.1 Å². The molecule has 0 aromatic rings. The minimum atomic E-state index is -4.65. The molecule has 0 bridgehead atoms. The van der Waals surface area contributed by atoms with Crippen molar-refractivity contribution in [2.45, 2.75) is 277 Å². The minimum absolute atomic E-state index is 0.0398. The van der Waals surface area contributed by atoms with Crippen LogP contribution in [-0.2, 0) is 32.7 Å².